The van der Waals surface area contributed by atoms with Crippen LogP contribution in [0.2, 0.25) is 0 Å². The maximum absolute atomic E-state index is 12.9. The molecule has 172 valence electrons. The molecule has 0 aromatic heterocycles. The molecule has 1 amide bonds. The van der Waals surface area contributed by atoms with E-state index in [1.54, 1.807) is 24.3 Å². The lowest BCUT2D eigenvalue weighted by molar-refractivity contribution is -0.123. The lowest BCUT2D eigenvalue weighted by atomic mass is 9.94. The maximum Gasteiger partial charge on any atom is 0.227 e. The molecule has 0 saturated carbocycles. The van der Waals surface area contributed by atoms with Gasteiger partial charge in [0.25, 0.3) is 0 Å². The molecule has 0 aliphatic carbocycles. The summed E-state index contributed by atoms with van der Waals surface area (Å²) >= 11 is 0. The van der Waals surface area contributed by atoms with E-state index in [2.05, 4.69) is 10.2 Å². The second-order valence-corrected chi connectivity index (χ2v) is 10.5. The molecule has 1 heterocycles. The Balaban J connectivity index is 1.47. The molecule has 6 nitrogen and oxygen atoms in total. The normalized spacial score (nSPS) is 16.4. The van der Waals surface area contributed by atoms with Gasteiger partial charge in [0.15, 0.2) is 15.6 Å². The predicted octanol–water partition coefficient (Wildman–Crippen LogP) is 3.44. The van der Waals surface area contributed by atoms with Crippen molar-refractivity contribution >= 4 is 21.5 Å². The SMILES string of the molecule is CCC(C(=O)NC1CCN(CCC(=O)c2ccccc2)CC1)c1ccc(S(C)(=O)=O)cc1. The van der Waals surface area contributed by atoms with Gasteiger partial charge in [-0.05, 0) is 37.0 Å². The Bertz CT molecular complexity index is 1010. The zero-order chi connectivity index (χ0) is 23.1. The van der Waals surface area contributed by atoms with E-state index in [1.807, 2.05) is 37.3 Å². The van der Waals surface area contributed by atoms with E-state index in [0.29, 0.717) is 12.8 Å². The molecule has 1 aliphatic rings. The van der Waals surface area contributed by atoms with Gasteiger partial charge in [-0.2, -0.15) is 0 Å². The lowest BCUT2D eigenvalue weighted by Gasteiger charge is -2.33. The average molecular weight is 457 g/mol. The third kappa shape index (κ3) is 6.50. The summed E-state index contributed by atoms with van der Waals surface area (Å²) < 4.78 is 23.3. The van der Waals surface area contributed by atoms with Crippen molar-refractivity contribution in [2.75, 3.05) is 25.9 Å². The number of Topliss-reactive ketones (excluding diaryl/α,β-unsaturated/α-hetero) is 1. The standard InChI is InChI=1S/C25H32N2O4S/c1-3-23(19-9-11-22(12-10-19)32(2,30)31)25(29)26-21-13-16-27(17-14-21)18-15-24(28)20-7-5-4-6-8-20/h4-12,21,23H,3,13-18H2,1-2H3,(H,26,29). The molecule has 1 saturated heterocycles. The number of ketones is 1. The van der Waals surface area contributed by atoms with Crippen LogP contribution in [-0.2, 0) is 14.6 Å². The van der Waals surface area contributed by atoms with Gasteiger partial charge in [-0.25, -0.2) is 8.42 Å². The molecule has 1 N–H and O–H groups in total. The Kier molecular flexibility index (Phi) is 8.21. The van der Waals surface area contributed by atoms with Crippen molar-refractivity contribution in [1.82, 2.24) is 10.2 Å². The smallest absolute Gasteiger partial charge is 0.227 e. The van der Waals surface area contributed by atoms with Crippen LogP contribution in [0.3, 0.4) is 0 Å². The fourth-order valence-corrected chi connectivity index (χ4v) is 4.78. The van der Waals surface area contributed by atoms with Crippen molar-refractivity contribution in [2.24, 2.45) is 0 Å². The number of nitrogens with zero attached hydrogens (tertiary/aromatic N) is 1. The van der Waals surface area contributed by atoms with Gasteiger partial charge in [0, 0.05) is 43.9 Å². The van der Waals surface area contributed by atoms with Crippen LogP contribution < -0.4 is 5.32 Å². The van der Waals surface area contributed by atoms with Crippen LogP contribution in [0.5, 0.6) is 0 Å². The first-order valence-electron chi connectivity index (χ1n) is 11.2. The summed E-state index contributed by atoms with van der Waals surface area (Å²) in [7, 11) is -3.25. The summed E-state index contributed by atoms with van der Waals surface area (Å²) in [4.78, 5) is 27.7. The van der Waals surface area contributed by atoms with Crippen LogP contribution in [0.25, 0.3) is 0 Å². The van der Waals surface area contributed by atoms with Crippen LogP contribution in [0.1, 0.15) is 54.4 Å². The highest BCUT2D eigenvalue weighted by molar-refractivity contribution is 7.90. The molecule has 1 fully saturated rings. The number of sulfone groups is 1. The number of amides is 1. The van der Waals surface area contributed by atoms with Gasteiger partial charge >= 0.3 is 0 Å². The number of hydrogen-bond acceptors (Lipinski definition) is 5. The fourth-order valence-electron chi connectivity index (χ4n) is 4.15. The molecule has 2 aromatic carbocycles. The molecule has 2 aromatic rings. The summed E-state index contributed by atoms with van der Waals surface area (Å²) in [6.07, 6.45) is 4.03. The topological polar surface area (TPSA) is 83.6 Å². The summed E-state index contributed by atoms with van der Waals surface area (Å²) in [5.74, 6) is -0.156. The van der Waals surface area contributed by atoms with Gasteiger partial charge in [0.1, 0.15) is 0 Å². The van der Waals surface area contributed by atoms with Crippen molar-refractivity contribution in [3.63, 3.8) is 0 Å². The van der Waals surface area contributed by atoms with Gasteiger partial charge in [-0.3, -0.25) is 9.59 Å². The van der Waals surface area contributed by atoms with E-state index in [4.69, 9.17) is 0 Å². The lowest BCUT2D eigenvalue weighted by Crippen LogP contribution is -2.46. The highest BCUT2D eigenvalue weighted by Crippen LogP contribution is 2.23. The first-order chi connectivity index (χ1) is 15.3. The number of benzene rings is 2. The van der Waals surface area contributed by atoms with Crippen molar-refractivity contribution in [3.05, 3.63) is 65.7 Å². The first-order valence-corrected chi connectivity index (χ1v) is 13.1. The Morgan fingerprint density at radius 3 is 2.22 bits per heavy atom. The Morgan fingerprint density at radius 1 is 1.03 bits per heavy atom. The third-order valence-electron chi connectivity index (χ3n) is 6.12. The number of nitrogens with one attached hydrogen (secondary N) is 1. The van der Waals surface area contributed by atoms with Gasteiger partial charge in [0.05, 0.1) is 10.8 Å². The zero-order valence-electron chi connectivity index (χ0n) is 18.8. The molecular weight excluding hydrogens is 424 g/mol. The predicted molar refractivity (Wildman–Crippen MR) is 126 cm³/mol. The van der Waals surface area contributed by atoms with Crippen LogP contribution >= 0.6 is 0 Å². The van der Waals surface area contributed by atoms with Crippen molar-refractivity contribution < 1.29 is 18.0 Å². The van der Waals surface area contributed by atoms with Gasteiger partial charge in [-0.15, -0.1) is 0 Å². The Labute approximate surface area is 190 Å². The fraction of sp³-hybridized carbons (Fsp3) is 0.440. The number of carbonyl (C=O) groups is 2. The van der Waals surface area contributed by atoms with E-state index < -0.39 is 9.84 Å². The first kappa shape index (κ1) is 24.1. The second-order valence-electron chi connectivity index (χ2n) is 8.47. The summed E-state index contributed by atoms with van der Waals surface area (Å²) in [6, 6.07) is 16.1. The monoisotopic (exact) mass is 456 g/mol. The summed E-state index contributed by atoms with van der Waals surface area (Å²) in [5, 5.41) is 3.17. The molecule has 0 spiro atoms. The average Bonchev–Trinajstić information content (AvgIpc) is 2.79. The minimum absolute atomic E-state index is 0.0164. The largest absolute Gasteiger partial charge is 0.353 e. The van der Waals surface area contributed by atoms with Crippen LogP contribution in [-0.4, -0.2) is 56.9 Å². The van der Waals surface area contributed by atoms with Crippen molar-refractivity contribution in [1.29, 1.82) is 0 Å². The van der Waals surface area contributed by atoms with E-state index in [0.717, 1.165) is 43.6 Å². The molecule has 1 unspecified atom stereocenters. The quantitative estimate of drug-likeness (QED) is 0.585. The van der Waals surface area contributed by atoms with Gasteiger partial charge in [-0.1, -0.05) is 49.4 Å². The molecule has 3 rings (SSSR count). The molecule has 0 radical (unpaired) electrons. The van der Waals surface area contributed by atoms with Gasteiger partial charge in [0.2, 0.25) is 5.91 Å². The molecule has 7 heteroatoms. The van der Waals surface area contributed by atoms with Crippen molar-refractivity contribution in [2.45, 2.75) is 49.5 Å². The summed E-state index contributed by atoms with van der Waals surface area (Å²) in [6.45, 7) is 4.40. The Hall–Kier alpha value is -2.51. The molecule has 1 aliphatic heterocycles. The minimum atomic E-state index is -3.25. The van der Waals surface area contributed by atoms with E-state index >= 15 is 0 Å². The molecule has 1 atom stereocenters. The number of likely N-dealkylation sites (tertiary alicyclic amines) is 1. The Morgan fingerprint density at radius 2 is 1.66 bits per heavy atom. The van der Waals surface area contributed by atoms with E-state index in [9.17, 15) is 18.0 Å². The van der Waals surface area contributed by atoms with Crippen LogP contribution in [0.15, 0.2) is 59.5 Å². The minimum Gasteiger partial charge on any atom is -0.353 e. The second kappa shape index (κ2) is 10.9. The highest BCUT2D eigenvalue weighted by Gasteiger charge is 2.25. The molecular formula is C25H32N2O4S. The highest BCUT2D eigenvalue weighted by atomic mass is 32.2. The van der Waals surface area contributed by atoms with E-state index in [1.165, 1.54) is 6.26 Å². The van der Waals surface area contributed by atoms with E-state index in [-0.39, 0.29) is 28.5 Å². The number of piperidine rings is 1. The van der Waals surface area contributed by atoms with Gasteiger partial charge < -0.3 is 10.2 Å². The third-order valence-corrected chi connectivity index (χ3v) is 7.25. The molecule has 0 bridgehead atoms. The number of carbonyl (C=O) groups excluding carboxylic acids is 2. The van der Waals surface area contributed by atoms with Crippen molar-refractivity contribution in [3.8, 4) is 0 Å². The maximum atomic E-state index is 12.9. The van der Waals surface area contributed by atoms with Crippen LogP contribution in [0, 0.1) is 0 Å². The number of hydrogen-bond donors (Lipinski definition) is 1. The molecule has 32 heavy (non-hydrogen) atoms. The summed E-state index contributed by atoms with van der Waals surface area (Å²) in [5.41, 5.74) is 1.58. The van der Waals surface area contributed by atoms with Crippen LogP contribution in [0.4, 0.5) is 0 Å². The zero-order valence-corrected chi connectivity index (χ0v) is 19.6. The number of rotatable bonds is 9.